The summed E-state index contributed by atoms with van der Waals surface area (Å²) in [5.74, 6) is -0.457. The summed E-state index contributed by atoms with van der Waals surface area (Å²) in [6, 6.07) is 14.8. The van der Waals surface area contributed by atoms with Gasteiger partial charge < -0.3 is 9.88 Å². The highest BCUT2D eigenvalue weighted by molar-refractivity contribution is 6.27. The van der Waals surface area contributed by atoms with Crippen LogP contribution in [0.2, 0.25) is 0 Å². The van der Waals surface area contributed by atoms with Crippen molar-refractivity contribution in [2.24, 2.45) is 0 Å². The number of carbonyl (C=O) groups is 1. The van der Waals surface area contributed by atoms with Crippen molar-refractivity contribution in [2.45, 2.75) is 51.1 Å². The SMILES string of the molecule is CCCCC1Cc2c([nH]c3ccccc23)C(C)(c2ccc(F)cc2)N1C(=O)CCl. The molecule has 29 heavy (non-hydrogen) atoms. The molecule has 1 aliphatic heterocycles. The molecule has 5 heteroatoms. The molecule has 2 aromatic carbocycles. The van der Waals surface area contributed by atoms with Gasteiger partial charge in [-0.05, 0) is 49.1 Å². The number of benzene rings is 2. The van der Waals surface area contributed by atoms with E-state index in [0.717, 1.165) is 42.5 Å². The molecule has 3 nitrogen and oxygen atoms in total. The fourth-order valence-electron chi connectivity index (χ4n) is 4.89. The molecule has 1 aromatic heterocycles. The topological polar surface area (TPSA) is 36.1 Å². The largest absolute Gasteiger partial charge is 0.356 e. The van der Waals surface area contributed by atoms with Crippen LogP contribution in [-0.4, -0.2) is 27.7 Å². The van der Waals surface area contributed by atoms with E-state index in [-0.39, 0.29) is 23.6 Å². The van der Waals surface area contributed by atoms with Crippen LogP contribution in [0.3, 0.4) is 0 Å². The fraction of sp³-hybridized carbons (Fsp3) is 0.375. The van der Waals surface area contributed by atoms with Crippen molar-refractivity contribution >= 4 is 28.4 Å². The smallest absolute Gasteiger partial charge is 0.238 e. The number of hydrogen-bond acceptors (Lipinski definition) is 1. The first kappa shape index (κ1) is 20.0. The van der Waals surface area contributed by atoms with Crippen molar-refractivity contribution in [1.29, 1.82) is 0 Å². The molecule has 0 aliphatic carbocycles. The highest BCUT2D eigenvalue weighted by Crippen LogP contribution is 2.46. The minimum absolute atomic E-state index is 0.0444. The van der Waals surface area contributed by atoms with Gasteiger partial charge in [0.15, 0.2) is 0 Å². The van der Waals surface area contributed by atoms with E-state index in [1.54, 1.807) is 12.1 Å². The molecule has 0 saturated heterocycles. The van der Waals surface area contributed by atoms with E-state index in [1.165, 1.54) is 23.1 Å². The average molecular weight is 413 g/mol. The van der Waals surface area contributed by atoms with Crippen LogP contribution in [0, 0.1) is 5.82 Å². The van der Waals surface area contributed by atoms with E-state index in [2.05, 4.69) is 31.0 Å². The van der Waals surface area contributed by atoms with E-state index in [1.807, 2.05) is 17.0 Å². The van der Waals surface area contributed by atoms with E-state index < -0.39 is 5.54 Å². The second kappa shape index (κ2) is 7.83. The van der Waals surface area contributed by atoms with Gasteiger partial charge in [0.1, 0.15) is 17.2 Å². The zero-order valence-electron chi connectivity index (χ0n) is 16.8. The van der Waals surface area contributed by atoms with Gasteiger partial charge in [0.25, 0.3) is 0 Å². The third-order valence-electron chi connectivity index (χ3n) is 6.27. The number of aromatic nitrogens is 1. The first-order valence-electron chi connectivity index (χ1n) is 10.2. The van der Waals surface area contributed by atoms with Crippen LogP contribution in [0.15, 0.2) is 48.5 Å². The lowest BCUT2D eigenvalue weighted by molar-refractivity contribution is -0.137. The number of rotatable bonds is 5. The summed E-state index contributed by atoms with van der Waals surface area (Å²) in [5.41, 5.74) is 3.43. The zero-order valence-corrected chi connectivity index (χ0v) is 17.6. The number of hydrogen-bond donors (Lipinski definition) is 1. The summed E-state index contributed by atoms with van der Waals surface area (Å²) in [6.45, 7) is 4.21. The Morgan fingerprint density at radius 3 is 2.66 bits per heavy atom. The number of unbranched alkanes of at least 4 members (excludes halogenated alkanes) is 1. The standard InChI is InChI=1S/C24H26ClFN2O/c1-3-4-7-18-14-20-19-8-5-6-9-21(19)27-23(20)24(2,28(18)22(29)15-25)16-10-12-17(26)13-11-16/h5-6,8-13,18,27H,3-4,7,14-15H2,1-2H3. The number of amides is 1. The van der Waals surface area contributed by atoms with Gasteiger partial charge in [-0.25, -0.2) is 4.39 Å². The van der Waals surface area contributed by atoms with Crippen molar-refractivity contribution in [1.82, 2.24) is 9.88 Å². The van der Waals surface area contributed by atoms with E-state index in [9.17, 15) is 9.18 Å². The van der Waals surface area contributed by atoms with Crippen molar-refractivity contribution in [3.8, 4) is 0 Å². The van der Waals surface area contributed by atoms with Crippen LogP contribution in [0.25, 0.3) is 10.9 Å². The monoisotopic (exact) mass is 412 g/mol. The third-order valence-corrected chi connectivity index (χ3v) is 6.50. The van der Waals surface area contributed by atoms with Crippen LogP contribution < -0.4 is 0 Å². The lowest BCUT2D eigenvalue weighted by Crippen LogP contribution is -2.58. The van der Waals surface area contributed by atoms with Crippen LogP contribution in [0.4, 0.5) is 4.39 Å². The third kappa shape index (κ3) is 3.24. The molecule has 3 aromatic rings. The van der Waals surface area contributed by atoms with Crippen LogP contribution >= 0.6 is 11.6 Å². The van der Waals surface area contributed by atoms with Crippen molar-refractivity contribution in [3.63, 3.8) is 0 Å². The first-order chi connectivity index (χ1) is 14.0. The molecule has 4 rings (SSSR count). The van der Waals surface area contributed by atoms with Gasteiger partial charge in [-0.15, -0.1) is 11.6 Å². The number of carbonyl (C=O) groups excluding carboxylic acids is 1. The molecule has 1 aliphatic rings. The summed E-state index contributed by atoms with van der Waals surface area (Å²) >= 11 is 6.07. The Hall–Kier alpha value is -2.33. The van der Waals surface area contributed by atoms with Gasteiger partial charge >= 0.3 is 0 Å². The predicted octanol–water partition coefficient (Wildman–Crippen LogP) is 5.75. The maximum Gasteiger partial charge on any atom is 0.238 e. The van der Waals surface area contributed by atoms with Crippen LogP contribution in [0.1, 0.15) is 49.9 Å². The van der Waals surface area contributed by atoms with Crippen LogP contribution in [0.5, 0.6) is 0 Å². The lowest BCUT2D eigenvalue weighted by Gasteiger charge is -2.50. The lowest BCUT2D eigenvalue weighted by atomic mass is 9.77. The van der Waals surface area contributed by atoms with Gasteiger partial charge in [-0.1, -0.05) is 50.1 Å². The molecule has 0 spiro atoms. The van der Waals surface area contributed by atoms with Crippen molar-refractivity contribution in [3.05, 3.63) is 71.2 Å². The molecule has 2 atom stereocenters. The van der Waals surface area contributed by atoms with E-state index >= 15 is 0 Å². The Morgan fingerprint density at radius 2 is 1.97 bits per heavy atom. The Bertz CT molecular complexity index is 1030. The highest BCUT2D eigenvalue weighted by atomic mass is 35.5. The van der Waals surface area contributed by atoms with Crippen molar-refractivity contribution < 1.29 is 9.18 Å². The molecule has 0 radical (unpaired) electrons. The minimum Gasteiger partial charge on any atom is -0.356 e. The second-order valence-corrected chi connectivity index (χ2v) is 8.27. The van der Waals surface area contributed by atoms with Gasteiger partial charge in [0.05, 0.1) is 0 Å². The van der Waals surface area contributed by atoms with Crippen LogP contribution in [-0.2, 0) is 16.8 Å². The summed E-state index contributed by atoms with van der Waals surface area (Å²) in [7, 11) is 0. The number of fused-ring (bicyclic) bond motifs is 3. The Labute approximate surface area is 175 Å². The number of nitrogens with one attached hydrogen (secondary N) is 1. The molecule has 1 amide bonds. The molecule has 152 valence electrons. The fourth-order valence-corrected chi connectivity index (χ4v) is 5.02. The summed E-state index contributed by atoms with van der Waals surface area (Å²) in [6.07, 6.45) is 3.80. The number of alkyl halides is 1. The Kier molecular flexibility index (Phi) is 5.39. The number of aromatic amines is 1. The van der Waals surface area contributed by atoms with Gasteiger partial charge in [-0.2, -0.15) is 0 Å². The molecule has 2 unspecified atom stereocenters. The van der Waals surface area contributed by atoms with Gasteiger partial charge in [0.2, 0.25) is 5.91 Å². The normalized spacial score (nSPS) is 21.4. The maximum absolute atomic E-state index is 13.7. The maximum atomic E-state index is 13.7. The molecule has 2 heterocycles. The highest BCUT2D eigenvalue weighted by Gasteiger charge is 2.48. The first-order valence-corrected chi connectivity index (χ1v) is 10.8. The molecule has 1 N–H and O–H groups in total. The Morgan fingerprint density at radius 1 is 1.24 bits per heavy atom. The minimum atomic E-state index is -0.745. The number of H-pyrrole nitrogens is 1. The molecule has 0 saturated carbocycles. The van der Waals surface area contributed by atoms with Crippen molar-refractivity contribution in [2.75, 3.05) is 5.88 Å². The predicted molar refractivity (Wildman–Crippen MR) is 116 cm³/mol. The number of halogens is 2. The molecular formula is C24H26ClFN2O. The molecule has 0 bridgehead atoms. The van der Waals surface area contributed by atoms with Gasteiger partial charge in [-0.3, -0.25) is 4.79 Å². The summed E-state index contributed by atoms with van der Waals surface area (Å²) < 4.78 is 13.7. The van der Waals surface area contributed by atoms with Gasteiger partial charge in [0, 0.05) is 22.6 Å². The molecule has 0 fully saturated rings. The number of para-hydroxylation sites is 1. The zero-order chi connectivity index (χ0) is 20.6. The second-order valence-electron chi connectivity index (χ2n) is 8.00. The summed E-state index contributed by atoms with van der Waals surface area (Å²) in [5, 5.41) is 1.19. The number of nitrogens with zero attached hydrogens (tertiary/aromatic N) is 1. The van der Waals surface area contributed by atoms with E-state index in [0.29, 0.717) is 0 Å². The molecular weight excluding hydrogens is 387 g/mol. The summed E-state index contributed by atoms with van der Waals surface area (Å²) in [4.78, 5) is 18.6. The van der Waals surface area contributed by atoms with E-state index in [4.69, 9.17) is 11.6 Å². The Balaban J connectivity index is 1.98. The average Bonchev–Trinajstić information content (AvgIpc) is 3.11. The quantitative estimate of drug-likeness (QED) is 0.532.